The molecule has 0 amide bonds. The first kappa shape index (κ1) is 13.9. The summed E-state index contributed by atoms with van der Waals surface area (Å²) in [4.78, 5) is 20.6. The third-order valence-corrected chi connectivity index (χ3v) is 4.54. The van der Waals surface area contributed by atoms with Gasteiger partial charge >= 0.3 is 0 Å². The van der Waals surface area contributed by atoms with Gasteiger partial charge in [0.1, 0.15) is 5.82 Å². The van der Waals surface area contributed by atoms with E-state index in [9.17, 15) is 4.79 Å². The zero-order valence-corrected chi connectivity index (χ0v) is 12.8. The molecule has 0 saturated carbocycles. The number of nitrogens with zero attached hydrogens (tertiary/aromatic N) is 1. The number of aromatic nitrogens is 2. The highest BCUT2D eigenvalue weighted by Gasteiger charge is 2.05. The van der Waals surface area contributed by atoms with Crippen molar-refractivity contribution < 1.29 is 0 Å². The maximum Gasteiger partial charge on any atom is 0.258 e. The van der Waals surface area contributed by atoms with Crippen LogP contribution in [0.4, 0.5) is 0 Å². The van der Waals surface area contributed by atoms with Crippen LogP contribution in [-0.4, -0.2) is 9.97 Å². The van der Waals surface area contributed by atoms with Crippen LogP contribution in [0.2, 0.25) is 0 Å². The average molecular weight is 296 g/mol. The molecule has 21 heavy (non-hydrogen) atoms. The second-order valence-corrected chi connectivity index (χ2v) is 6.10. The first-order chi connectivity index (χ1) is 10.1. The van der Waals surface area contributed by atoms with Crippen molar-refractivity contribution >= 4 is 22.7 Å². The predicted molar refractivity (Wildman–Crippen MR) is 87.8 cm³/mol. The van der Waals surface area contributed by atoms with Crippen LogP contribution in [0.5, 0.6) is 0 Å². The van der Waals surface area contributed by atoms with E-state index in [-0.39, 0.29) is 5.56 Å². The Labute approximate surface area is 127 Å². The van der Waals surface area contributed by atoms with E-state index in [1.165, 1.54) is 16.0 Å². The molecule has 3 nitrogen and oxygen atoms in total. The minimum Gasteiger partial charge on any atom is -0.309 e. The number of para-hydroxylation sites is 1. The SMILES string of the molecule is Cc1ccc(SCc2nc3ccccc3c(=O)[nH]2)c(C)c1. The summed E-state index contributed by atoms with van der Waals surface area (Å²) in [5.74, 6) is 1.37. The Morgan fingerprint density at radius 2 is 1.95 bits per heavy atom. The number of fused-ring (bicyclic) bond motifs is 1. The lowest BCUT2D eigenvalue weighted by atomic mass is 10.2. The second kappa shape index (κ2) is 5.74. The van der Waals surface area contributed by atoms with E-state index >= 15 is 0 Å². The van der Waals surface area contributed by atoms with Crippen molar-refractivity contribution in [1.82, 2.24) is 9.97 Å². The van der Waals surface area contributed by atoms with Gasteiger partial charge in [0.15, 0.2) is 0 Å². The van der Waals surface area contributed by atoms with Gasteiger partial charge in [-0.2, -0.15) is 0 Å². The Hall–Kier alpha value is -2.07. The normalized spacial score (nSPS) is 11.0. The van der Waals surface area contributed by atoms with E-state index in [1.54, 1.807) is 17.8 Å². The molecule has 0 spiro atoms. The molecule has 2 aromatic carbocycles. The van der Waals surface area contributed by atoms with Crippen LogP contribution in [0.15, 0.2) is 52.2 Å². The number of hydrogen-bond acceptors (Lipinski definition) is 3. The molecule has 0 unspecified atom stereocenters. The summed E-state index contributed by atoms with van der Waals surface area (Å²) in [5.41, 5.74) is 3.19. The van der Waals surface area contributed by atoms with Gasteiger partial charge in [0.2, 0.25) is 0 Å². The summed E-state index contributed by atoms with van der Waals surface area (Å²) in [6, 6.07) is 13.8. The zero-order chi connectivity index (χ0) is 14.8. The van der Waals surface area contributed by atoms with Crippen LogP contribution in [0.3, 0.4) is 0 Å². The van der Waals surface area contributed by atoms with Crippen molar-refractivity contribution in [3.63, 3.8) is 0 Å². The van der Waals surface area contributed by atoms with E-state index < -0.39 is 0 Å². The molecule has 0 radical (unpaired) electrons. The molecule has 3 aromatic rings. The van der Waals surface area contributed by atoms with Gasteiger partial charge in [-0.25, -0.2) is 4.98 Å². The Bertz CT molecular complexity index is 855. The molecule has 1 aromatic heterocycles. The maximum atomic E-state index is 12.0. The van der Waals surface area contributed by atoms with E-state index in [2.05, 4.69) is 42.0 Å². The fraction of sp³-hybridized carbons (Fsp3) is 0.176. The van der Waals surface area contributed by atoms with Gasteiger partial charge in [0.05, 0.1) is 16.7 Å². The summed E-state index contributed by atoms with van der Waals surface area (Å²) in [6.45, 7) is 4.19. The van der Waals surface area contributed by atoms with Gasteiger partial charge in [-0.1, -0.05) is 29.8 Å². The number of benzene rings is 2. The lowest BCUT2D eigenvalue weighted by Gasteiger charge is -2.07. The summed E-state index contributed by atoms with van der Waals surface area (Å²) in [5, 5.41) is 0.637. The Morgan fingerprint density at radius 3 is 2.76 bits per heavy atom. The quantitative estimate of drug-likeness (QED) is 0.747. The van der Waals surface area contributed by atoms with Crippen LogP contribution in [-0.2, 0) is 5.75 Å². The van der Waals surface area contributed by atoms with E-state index in [0.717, 1.165) is 5.52 Å². The molecule has 1 heterocycles. The number of rotatable bonds is 3. The molecule has 0 bridgehead atoms. The number of thioether (sulfide) groups is 1. The van der Waals surface area contributed by atoms with Gasteiger partial charge in [-0.05, 0) is 37.6 Å². The van der Waals surface area contributed by atoms with Crippen LogP contribution in [0.25, 0.3) is 10.9 Å². The molecule has 0 saturated heterocycles. The van der Waals surface area contributed by atoms with Gasteiger partial charge in [0.25, 0.3) is 5.56 Å². The lowest BCUT2D eigenvalue weighted by molar-refractivity contribution is 1.04. The van der Waals surface area contributed by atoms with Gasteiger partial charge < -0.3 is 4.98 Å². The third-order valence-electron chi connectivity index (χ3n) is 3.36. The average Bonchev–Trinajstić information content (AvgIpc) is 2.46. The number of aryl methyl sites for hydroxylation is 2. The third kappa shape index (κ3) is 3.00. The van der Waals surface area contributed by atoms with E-state index in [1.807, 2.05) is 18.2 Å². The van der Waals surface area contributed by atoms with E-state index in [4.69, 9.17) is 0 Å². The zero-order valence-electron chi connectivity index (χ0n) is 12.0. The van der Waals surface area contributed by atoms with Crippen molar-refractivity contribution in [1.29, 1.82) is 0 Å². The molecule has 0 aliphatic rings. The van der Waals surface area contributed by atoms with Gasteiger partial charge in [-0.3, -0.25) is 4.79 Å². The van der Waals surface area contributed by atoms with Crippen molar-refractivity contribution in [3.05, 3.63) is 69.8 Å². The summed E-state index contributed by atoms with van der Waals surface area (Å²) < 4.78 is 0. The molecule has 0 atom stereocenters. The molecule has 0 aliphatic carbocycles. The van der Waals surface area contributed by atoms with Crippen molar-refractivity contribution in [3.8, 4) is 0 Å². The monoisotopic (exact) mass is 296 g/mol. The number of nitrogens with one attached hydrogen (secondary N) is 1. The number of H-pyrrole nitrogens is 1. The van der Waals surface area contributed by atoms with Crippen LogP contribution < -0.4 is 5.56 Å². The first-order valence-corrected chi connectivity index (χ1v) is 7.80. The topological polar surface area (TPSA) is 45.8 Å². The fourth-order valence-corrected chi connectivity index (χ4v) is 3.19. The van der Waals surface area contributed by atoms with Crippen LogP contribution in [0, 0.1) is 13.8 Å². The van der Waals surface area contributed by atoms with Crippen molar-refractivity contribution in [2.45, 2.75) is 24.5 Å². The largest absolute Gasteiger partial charge is 0.309 e. The Balaban J connectivity index is 1.87. The number of aromatic amines is 1. The minimum absolute atomic E-state index is 0.0724. The number of hydrogen-bond donors (Lipinski definition) is 1. The smallest absolute Gasteiger partial charge is 0.258 e. The first-order valence-electron chi connectivity index (χ1n) is 6.81. The Morgan fingerprint density at radius 1 is 1.14 bits per heavy atom. The van der Waals surface area contributed by atoms with Crippen molar-refractivity contribution in [2.75, 3.05) is 0 Å². The molecule has 0 fully saturated rings. The Kier molecular flexibility index (Phi) is 3.80. The molecule has 1 N–H and O–H groups in total. The van der Waals surface area contributed by atoms with E-state index in [0.29, 0.717) is 17.0 Å². The van der Waals surface area contributed by atoms with Gasteiger partial charge in [-0.15, -0.1) is 11.8 Å². The standard InChI is InChI=1S/C17H16N2OS/c1-11-7-8-15(12(2)9-11)21-10-16-18-14-6-4-3-5-13(14)17(20)19-16/h3-9H,10H2,1-2H3,(H,18,19,20). The molecule has 106 valence electrons. The molecule has 3 rings (SSSR count). The summed E-state index contributed by atoms with van der Waals surface area (Å²) in [7, 11) is 0. The highest BCUT2D eigenvalue weighted by Crippen LogP contribution is 2.25. The molecular weight excluding hydrogens is 280 g/mol. The minimum atomic E-state index is -0.0724. The highest BCUT2D eigenvalue weighted by atomic mass is 32.2. The maximum absolute atomic E-state index is 12.0. The second-order valence-electron chi connectivity index (χ2n) is 5.09. The summed E-state index contributed by atoms with van der Waals surface area (Å²) >= 11 is 1.69. The fourth-order valence-electron chi connectivity index (χ4n) is 2.31. The van der Waals surface area contributed by atoms with Crippen LogP contribution >= 0.6 is 11.8 Å². The van der Waals surface area contributed by atoms with Gasteiger partial charge in [0, 0.05) is 4.90 Å². The summed E-state index contributed by atoms with van der Waals surface area (Å²) in [6.07, 6.45) is 0. The highest BCUT2D eigenvalue weighted by molar-refractivity contribution is 7.98. The molecular formula is C17H16N2OS. The van der Waals surface area contributed by atoms with Crippen molar-refractivity contribution in [2.24, 2.45) is 0 Å². The predicted octanol–water partition coefficient (Wildman–Crippen LogP) is 3.83. The molecule has 4 heteroatoms. The van der Waals surface area contributed by atoms with Crippen LogP contribution in [0.1, 0.15) is 17.0 Å². The molecule has 0 aliphatic heterocycles. The lowest BCUT2D eigenvalue weighted by Crippen LogP contribution is -2.11.